The smallest absolute Gasteiger partial charge is 0.374 e. The molecule has 1 heterocycles. The fraction of sp³-hybridized carbons (Fsp3) is 0. The molecule has 1 aromatic carbocycles. The highest BCUT2D eigenvalue weighted by molar-refractivity contribution is 6.31. The lowest BCUT2D eigenvalue weighted by molar-refractivity contribution is 0.0651. The lowest BCUT2D eigenvalue weighted by Gasteiger charge is -2.03. The number of nitrogens with one attached hydrogen (secondary N) is 1. The fourth-order valence-corrected chi connectivity index (χ4v) is 1.43. The Morgan fingerprint density at radius 1 is 1.37 bits per heavy atom. The summed E-state index contributed by atoms with van der Waals surface area (Å²) in [5.41, 5.74) is 0.0362. The Morgan fingerprint density at radius 3 is 2.68 bits per heavy atom. The van der Waals surface area contributed by atoms with E-state index in [0.717, 1.165) is 12.1 Å². The summed E-state index contributed by atoms with van der Waals surface area (Å²) < 4.78 is 17.3. The van der Waals surface area contributed by atoms with Crippen molar-refractivity contribution in [2.45, 2.75) is 0 Å². The third-order valence-corrected chi connectivity index (χ3v) is 2.42. The van der Waals surface area contributed by atoms with Gasteiger partial charge in [0.25, 0.3) is 5.91 Å². The van der Waals surface area contributed by atoms with Gasteiger partial charge in [0, 0.05) is 11.8 Å². The van der Waals surface area contributed by atoms with Crippen LogP contribution in [0.1, 0.15) is 21.0 Å². The number of carbonyl (C=O) groups excluding carboxylic acids is 1. The van der Waals surface area contributed by atoms with Gasteiger partial charge in [-0.25, -0.2) is 9.18 Å². The topological polar surface area (TPSA) is 92.4 Å². The van der Waals surface area contributed by atoms with Crippen LogP contribution in [0.15, 0.2) is 28.8 Å². The van der Waals surface area contributed by atoms with Crippen molar-refractivity contribution < 1.29 is 23.6 Å². The zero-order valence-corrected chi connectivity index (χ0v) is 9.94. The van der Waals surface area contributed by atoms with Crippen LogP contribution in [0.3, 0.4) is 0 Å². The number of carbonyl (C=O) groups is 2. The van der Waals surface area contributed by atoms with Crippen molar-refractivity contribution in [3.05, 3.63) is 46.6 Å². The average Bonchev–Trinajstić information content (AvgIpc) is 2.83. The van der Waals surface area contributed by atoms with Gasteiger partial charge in [0.05, 0.1) is 5.02 Å². The van der Waals surface area contributed by atoms with Crippen molar-refractivity contribution in [1.29, 1.82) is 0 Å². The van der Waals surface area contributed by atoms with Crippen molar-refractivity contribution in [1.82, 2.24) is 5.16 Å². The van der Waals surface area contributed by atoms with Crippen molar-refractivity contribution in [3.8, 4) is 0 Å². The van der Waals surface area contributed by atoms with E-state index in [1.54, 1.807) is 0 Å². The summed E-state index contributed by atoms with van der Waals surface area (Å²) in [6.07, 6.45) is 0. The van der Waals surface area contributed by atoms with Crippen LogP contribution >= 0.6 is 11.6 Å². The highest BCUT2D eigenvalue weighted by atomic mass is 35.5. The molecule has 0 saturated carbocycles. The molecule has 2 aromatic rings. The van der Waals surface area contributed by atoms with Crippen molar-refractivity contribution >= 4 is 29.2 Å². The van der Waals surface area contributed by atoms with E-state index in [4.69, 9.17) is 16.7 Å². The molecule has 0 radical (unpaired) electrons. The summed E-state index contributed by atoms with van der Waals surface area (Å²) in [7, 11) is 0. The first kappa shape index (κ1) is 13.0. The molecule has 1 amide bonds. The molecule has 0 unspecified atom stereocenters. The van der Waals surface area contributed by atoms with Crippen LogP contribution < -0.4 is 5.32 Å². The first-order chi connectivity index (χ1) is 8.97. The van der Waals surface area contributed by atoms with Crippen molar-refractivity contribution in [2.75, 3.05) is 5.32 Å². The van der Waals surface area contributed by atoms with Crippen molar-refractivity contribution in [3.63, 3.8) is 0 Å². The summed E-state index contributed by atoms with van der Waals surface area (Å²) in [4.78, 5) is 22.2. The number of carboxylic acid groups (broad SMARTS) is 1. The van der Waals surface area contributed by atoms with E-state index in [-0.39, 0.29) is 16.4 Å². The molecule has 6 nitrogen and oxygen atoms in total. The van der Waals surface area contributed by atoms with E-state index in [2.05, 4.69) is 15.0 Å². The van der Waals surface area contributed by atoms with E-state index in [9.17, 15) is 14.0 Å². The molecule has 19 heavy (non-hydrogen) atoms. The Hall–Kier alpha value is -2.41. The number of nitrogens with zero attached hydrogens (tertiary/aromatic N) is 1. The number of amides is 1. The minimum atomic E-state index is -1.34. The molecule has 0 aliphatic heterocycles. The zero-order valence-electron chi connectivity index (χ0n) is 9.18. The maximum Gasteiger partial charge on any atom is 0.374 e. The molecule has 98 valence electrons. The number of benzene rings is 1. The zero-order chi connectivity index (χ0) is 14.0. The summed E-state index contributed by atoms with van der Waals surface area (Å²) in [5.74, 6) is -3.10. The number of anilines is 1. The third-order valence-electron chi connectivity index (χ3n) is 2.13. The first-order valence-corrected chi connectivity index (χ1v) is 5.31. The first-order valence-electron chi connectivity index (χ1n) is 4.94. The predicted molar refractivity (Wildman–Crippen MR) is 62.8 cm³/mol. The van der Waals surface area contributed by atoms with Crippen LogP contribution in [0.5, 0.6) is 0 Å². The highest BCUT2D eigenvalue weighted by Gasteiger charge is 2.16. The number of rotatable bonds is 3. The molecule has 0 bridgehead atoms. The van der Waals surface area contributed by atoms with Crippen LogP contribution in [-0.2, 0) is 0 Å². The predicted octanol–water partition coefficient (Wildman–Crippen LogP) is 2.42. The number of aromatic carboxylic acids is 1. The second-order valence-corrected chi connectivity index (χ2v) is 3.87. The normalized spacial score (nSPS) is 10.2. The molecule has 0 fully saturated rings. The van der Waals surface area contributed by atoms with Gasteiger partial charge >= 0.3 is 5.97 Å². The van der Waals surface area contributed by atoms with Gasteiger partial charge in [0.15, 0.2) is 5.69 Å². The van der Waals surface area contributed by atoms with Crippen LogP contribution in [0.25, 0.3) is 0 Å². The summed E-state index contributed by atoms with van der Waals surface area (Å²) in [6.45, 7) is 0. The Kier molecular flexibility index (Phi) is 3.48. The van der Waals surface area contributed by atoms with Gasteiger partial charge < -0.3 is 14.9 Å². The molecular weight excluding hydrogens is 279 g/mol. The number of carboxylic acids is 1. The quantitative estimate of drug-likeness (QED) is 0.903. The molecular formula is C11H6ClFN2O4. The maximum atomic E-state index is 12.9. The van der Waals surface area contributed by atoms with Gasteiger partial charge in [0.2, 0.25) is 5.76 Å². The monoisotopic (exact) mass is 284 g/mol. The number of aromatic nitrogens is 1. The van der Waals surface area contributed by atoms with Gasteiger partial charge in [-0.1, -0.05) is 16.8 Å². The fourth-order valence-electron chi connectivity index (χ4n) is 1.25. The largest absolute Gasteiger partial charge is 0.475 e. The Bertz CT molecular complexity index is 656. The number of halogens is 2. The van der Waals surface area contributed by atoms with Gasteiger partial charge in [-0.3, -0.25) is 4.79 Å². The Balaban J connectivity index is 2.15. The number of hydrogen-bond acceptors (Lipinski definition) is 4. The molecule has 0 saturated heterocycles. The molecule has 8 heteroatoms. The average molecular weight is 285 g/mol. The van der Waals surface area contributed by atoms with E-state index < -0.39 is 23.5 Å². The standard InChI is InChI=1S/C11H6ClFN2O4/c12-6-3-5(1-2-7(6)13)14-10(16)8-4-9(11(17)18)19-15-8/h1-4H,(H,14,16)(H,17,18). The van der Waals surface area contributed by atoms with Crippen LogP contribution in [0, 0.1) is 5.82 Å². The molecule has 0 spiro atoms. The van der Waals surface area contributed by atoms with E-state index in [0.29, 0.717) is 0 Å². The number of hydrogen-bond donors (Lipinski definition) is 2. The third kappa shape index (κ3) is 2.89. The summed E-state index contributed by atoms with van der Waals surface area (Å²) in [6, 6.07) is 4.58. The van der Waals surface area contributed by atoms with Crippen LogP contribution in [-0.4, -0.2) is 22.1 Å². The Labute approximate surface area is 110 Å². The molecule has 2 N–H and O–H groups in total. The SMILES string of the molecule is O=C(Nc1ccc(F)c(Cl)c1)c1cc(C(=O)O)on1. The summed E-state index contributed by atoms with van der Waals surface area (Å²) >= 11 is 5.55. The minimum Gasteiger partial charge on any atom is -0.475 e. The molecule has 1 aromatic heterocycles. The summed E-state index contributed by atoms with van der Waals surface area (Å²) in [5, 5.41) is 14.1. The second kappa shape index (κ2) is 5.07. The van der Waals surface area contributed by atoms with Crippen LogP contribution in [0.2, 0.25) is 5.02 Å². The highest BCUT2D eigenvalue weighted by Crippen LogP contribution is 2.19. The molecule has 0 atom stereocenters. The van der Waals surface area contributed by atoms with Gasteiger partial charge in [0.1, 0.15) is 5.82 Å². The maximum absolute atomic E-state index is 12.9. The second-order valence-electron chi connectivity index (χ2n) is 3.46. The van der Waals surface area contributed by atoms with Gasteiger partial charge in [-0.05, 0) is 18.2 Å². The van der Waals surface area contributed by atoms with E-state index >= 15 is 0 Å². The van der Waals surface area contributed by atoms with E-state index in [1.165, 1.54) is 12.1 Å². The molecule has 0 aliphatic carbocycles. The molecule has 2 rings (SSSR count). The minimum absolute atomic E-state index is 0.149. The van der Waals surface area contributed by atoms with Crippen LogP contribution in [0.4, 0.5) is 10.1 Å². The van der Waals surface area contributed by atoms with Gasteiger partial charge in [-0.15, -0.1) is 0 Å². The lowest BCUT2D eigenvalue weighted by atomic mass is 10.3. The Morgan fingerprint density at radius 2 is 2.11 bits per heavy atom. The van der Waals surface area contributed by atoms with Gasteiger partial charge in [-0.2, -0.15) is 0 Å². The van der Waals surface area contributed by atoms with E-state index in [1.807, 2.05) is 0 Å². The molecule has 0 aliphatic rings. The van der Waals surface area contributed by atoms with Crippen molar-refractivity contribution in [2.24, 2.45) is 0 Å². The lowest BCUT2D eigenvalue weighted by Crippen LogP contribution is -2.12.